The molecule has 0 aliphatic carbocycles. The molecule has 0 unspecified atom stereocenters. The second-order valence-corrected chi connectivity index (χ2v) is 5.35. The third-order valence-corrected chi connectivity index (χ3v) is 3.18. The average molecular weight is 381 g/mol. The highest BCUT2D eigenvalue weighted by Crippen LogP contribution is 2.17. The summed E-state index contributed by atoms with van der Waals surface area (Å²) in [6.07, 6.45) is 0. The van der Waals surface area contributed by atoms with E-state index < -0.39 is 5.97 Å². The summed E-state index contributed by atoms with van der Waals surface area (Å²) in [6, 6.07) is 13.8. The maximum absolute atomic E-state index is 11.9. The van der Waals surface area contributed by atoms with E-state index in [9.17, 15) is 9.59 Å². The van der Waals surface area contributed by atoms with Gasteiger partial charge in [0.2, 0.25) is 5.91 Å². The van der Waals surface area contributed by atoms with Crippen LogP contribution in [0.15, 0.2) is 48.5 Å². The van der Waals surface area contributed by atoms with Crippen LogP contribution in [0, 0.1) is 3.57 Å². The fourth-order valence-corrected chi connectivity index (χ4v) is 1.92. The molecule has 0 aliphatic rings. The summed E-state index contributed by atoms with van der Waals surface area (Å²) < 4.78 is 6.30. The largest absolute Gasteiger partial charge is 0.423 e. The number of hydrogen-bond acceptors (Lipinski definition) is 3. The molecule has 1 N–H and O–H groups in total. The van der Waals surface area contributed by atoms with Gasteiger partial charge in [0, 0.05) is 16.2 Å². The molecular formula is C15H12INO3. The van der Waals surface area contributed by atoms with Crippen LogP contribution < -0.4 is 10.1 Å². The molecule has 0 atom stereocenters. The molecule has 102 valence electrons. The fraction of sp³-hybridized carbons (Fsp3) is 0.0667. The van der Waals surface area contributed by atoms with Crippen molar-refractivity contribution in [3.05, 3.63) is 57.7 Å². The van der Waals surface area contributed by atoms with Crippen molar-refractivity contribution in [2.45, 2.75) is 6.92 Å². The van der Waals surface area contributed by atoms with Crippen LogP contribution in [0.25, 0.3) is 0 Å². The highest BCUT2D eigenvalue weighted by Gasteiger charge is 2.08. The van der Waals surface area contributed by atoms with E-state index in [1.807, 2.05) is 12.1 Å². The average Bonchev–Trinajstić information content (AvgIpc) is 2.41. The molecule has 5 heteroatoms. The minimum Gasteiger partial charge on any atom is -0.423 e. The molecule has 1 amide bonds. The standard InChI is InChI=1S/C15H12INO3/c1-10(18)17-13-6-8-14(9-7-13)20-15(19)11-2-4-12(16)5-3-11/h2-9H,1H3,(H,17,18). The molecule has 0 fully saturated rings. The summed E-state index contributed by atoms with van der Waals surface area (Å²) in [7, 11) is 0. The van der Waals surface area contributed by atoms with Crippen molar-refractivity contribution in [2.75, 3.05) is 5.32 Å². The molecule has 2 aromatic rings. The van der Waals surface area contributed by atoms with E-state index in [4.69, 9.17) is 4.74 Å². The summed E-state index contributed by atoms with van der Waals surface area (Å²) >= 11 is 2.17. The van der Waals surface area contributed by atoms with Crippen LogP contribution in [-0.2, 0) is 4.79 Å². The van der Waals surface area contributed by atoms with Crippen LogP contribution in [0.3, 0.4) is 0 Å². The van der Waals surface area contributed by atoms with E-state index in [1.165, 1.54) is 6.92 Å². The summed E-state index contributed by atoms with van der Waals surface area (Å²) in [5.74, 6) is -0.120. The number of benzene rings is 2. The van der Waals surface area contributed by atoms with Crippen molar-refractivity contribution in [1.82, 2.24) is 0 Å². The van der Waals surface area contributed by atoms with Gasteiger partial charge in [0.15, 0.2) is 0 Å². The normalized spacial score (nSPS) is 9.90. The third-order valence-electron chi connectivity index (χ3n) is 2.47. The van der Waals surface area contributed by atoms with Crippen LogP contribution in [0.5, 0.6) is 5.75 Å². The SMILES string of the molecule is CC(=O)Nc1ccc(OC(=O)c2ccc(I)cc2)cc1. The first-order valence-corrected chi connectivity index (χ1v) is 6.98. The van der Waals surface area contributed by atoms with Crippen LogP contribution in [0.4, 0.5) is 5.69 Å². The van der Waals surface area contributed by atoms with Gasteiger partial charge in [-0.15, -0.1) is 0 Å². The number of amides is 1. The van der Waals surface area contributed by atoms with Crippen LogP contribution in [0.1, 0.15) is 17.3 Å². The van der Waals surface area contributed by atoms with E-state index >= 15 is 0 Å². The lowest BCUT2D eigenvalue weighted by Gasteiger charge is -2.06. The highest BCUT2D eigenvalue weighted by atomic mass is 127. The Balaban J connectivity index is 2.04. The van der Waals surface area contributed by atoms with Gasteiger partial charge in [-0.2, -0.15) is 0 Å². The van der Waals surface area contributed by atoms with Crippen molar-refractivity contribution in [3.8, 4) is 5.75 Å². The minimum atomic E-state index is -0.409. The van der Waals surface area contributed by atoms with E-state index in [1.54, 1.807) is 36.4 Å². The maximum Gasteiger partial charge on any atom is 0.343 e. The van der Waals surface area contributed by atoms with Gasteiger partial charge in [-0.1, -0.05) is 0 Å². The number of halogens is 1. The maximum atomic E-state index is 11.9. The Morgan fingerprint density at radius 2 is 1.60 bits per heavy atom. The first-order valence-electron chi connectivity index (χ1n) is 5.90. The van der Waals surface area contributed by atoms with Gasteiger partial charge in [0.05, 0.1) is 5.56 Å². The molecule has 0 saturated carbocycles. The Labute approximate surface area is 130 Å². The van der Waals surface area contributed by atoms with Crippen molar-refractivity contribution in [2.24, 2.45) is 0 Å². The van der Waals surface area contributed by atoms with Crippen molar-refractivity contribution in [3.63, 3.8) is 0 Å². The molecule has 2 rings (SSSR count). The topological polar surface area (TPSA) is 55.4 Å². The lowest BCUT2D eigenvalue weighted by atomic mass is 10.2. The zero-order chi connectivity index (χ0) is 14.5. The molecule has 0 spiro atoms. The number of anilines is 1. The summed E-state index contributed by atoms with van der Waals surface area (Å²) in [4.78, 5) is 22.8. The van der Waals surface area contributed by atoms with Crippen molar-refractivity contribution in [1.29, 1.82) is 0 Å². The smallest absolute Gasteiger partial charge is 0.343 e. The first kappa shape index (κ1) is 14.5. The number of rotatable bonds is 3. The number of hydrogen-bond donors (Lipinski definition) is 1. The molecule has 0 bridgehead atoms. The number of carbonyl (C=O) groups is 2. The molecule has 0 radical (unpaired) electrons. The molecule has 20 heavy (non-hydrogen) atoms. The molecule has 0 aliphatic heterocycles. The second kappa shape index (κ2) is 6.51. The van der Waals surface area contributed by atoms with Crippen molar-refractivity contribution >= 4 is 40.2 Å². The molecule has 2 aromatic carbocycles. The molecule has 0 aromatic heterocycles. The molecular weight excluding hydrogens is 369 g/mol. The first-order chi connectivity index (χ1) is 9.54. The summed E-state index contributed by atoms with van der Waals surface area (Å²) in [5, 5.41) is 2.64. The van der Waals surface area contributed by atoms with E-state index in [2.05, 4.69) is 27.9 Å². The number of carbonyl (C=O) groups excluding carboxylic acids is 2. The number of esters is 1. The summed E-state index contributed by atoms with van der Waals surface area (Å²) in [5.41, 5.74) is 1.16. The van der Waals surface area contributed by atoms with Gasteiger partial charge >= 0.3 is 5.97 Å². The molecule has 0 heterocycles. The van der Waals surface area contributed by atoms with Gasteiger partial charge in [0.1, 0.15) is 5.75 Å². The van der Waals surface area contributed by atoms with Gasteiger partial charge in [-0.25, -0.2) is 4.79 Å². The Morgan fingerprint density at radius 1 is 1.00 bits per heavy atom. The Bertz CT molecular complexity index is 621. The van der Waals surface area contributed by atoms with E-state index in [0.29, 0.717) is 17.0 Å². The van der Waals surface area contributed by atoms with Gasteiger partial charge in [-0.05, 0) is 71.1 Å². The zero-order valence-electron chi connectivity index (χ0n) is 10.7. The number of ether oxygens (including phenoxy) is 1. The van der Waals surface area contributed by atoms with Crippen LogP contribution >= 0.6 is 22.6 Å². The van der Waals surface area contributed by atoms with E-state index in [0.717, 1.165) is 3.57 Å². The second-order valence-electron chi connectivity index (χ2n) is 4.10. The summed E-state index contributed by atoms with van der Waals surface area (Å²) in [6.45, 7) is 1.44. The third kappa shape index (κ3) is 4.06. The highest BCUT2D eigenvalue weighted by molar-refractivity contribution is 14.1. The zero-order valence-corrected chi connectivity index (χ0v) is 12.9. The Hall–Kier alpha value is -1.89. The molecule has 0 saturated heterocycles. The lowest BCUT2D eigenvalue weighted by molar-refractivity contribution is -0.114. The van der Waals surface area contributed by atoms with Crippen molar-refractivity contribution < 1.29 is 14.3 Å². The van der Waals surface area contributed by atoms with Crippen LogP contribution in [-0.4, -0.2) is 11.9 Å². The van der Waals surface area contributed by atoms with Gasteiger partial charge < -0.3 is 10.1 Å². The molecule has 4 nitrogen and oxygen atoms in total. The minimum absolute atomic E-state index is 0.145. The predicted octanol–water partition coefficient (Wildman–Crippen LogP) is 3.47. The fourth-order valence-electron chi connectivity index (χ4n) is 1.56. The lowest BCUT2D eigenvalue weighted by Crippen LogP contribution is -2.09. The Kier molecular flexibility index (Phi) is 4.73. The van der Waals surface area contributed by atoms with Gasteiger partial charge in [0.25, 0.3) is 0 Å². The van der Waals surface area contributed by atoms with Gasteiger partial charge in [-0.3, -0.25) is 4.79 Å². The number of nitrogens with one attached hydrogen (secondary N) is 1. The Morgan fingerprint density at radius 3 is 2.15 bits per heavy atom. The predicted molar refractivity (Wildman–Crippen MR) is 84.9 cm³/mol. The van der Waals surface area contributed by atoms with Crippen LogP contribution in [0.2, 0.25) is 0 Å². The monoisotopic (exact) mass is 381 g/mol. The van der Waals surface area contributed by atoms with E-state index in [-0.39, 0.29) is 5.91 Å². The quantitative estimate of drug-likeness (QED) is 0.503.